The highest BCUT2D eigenvalue weighted by Gasteiger charge is 2.31. The molecule has 0 spiro atoms. The van der Waals surface area contributed by atoms with Crippen LogP contribution in [0.2, 0.25) is 0 Å². The number of hydrogen-bond donors (Lipinski definition) is 1. The number of sulfone groups is 1. The number of hydrogen-bond acceptors (Lipinski definition) is 6. The van der Waals surface area contributed by atoms with Crippen molar-refractivity contribution in [1.29, 1.82) is 0 Å². The molecule has 1 heterocycles. The molecule has 0 saturated carbocycles. The molecule has 8 heteroatoms. The number of aromatic nitrogens is 1. The SMILES string of the molecule is COc1cc(CNc2ccc(S(=O)(=O)C(C)(C)C)nc2)cc(Br)c1OC. The molecule has 0 atom stereocenters. The number of halogens is 1. The maximum Gasteiger partial charge on any atom is 0.200 e. The van der Waals surface area contributed by atoms with E-state index < -0.39 is 14.6 Å². The Balaban J connectivity index is 2.15. The van der Waals surface area contributed by atoms with Gasteiger partial charge in [0.25, 0.3) is 0 Å². The lowest BCUT2D eigenvalue weighted by molar-refractivity contribution is 0.352. The fraction of sp³-hybridized carbons (Fsp3) is 0.389. The van der Waals surface area contributed by atoms with Crippen LogP contribution in [-0.2, 0) is 16.4 Å². The molecule has 0 unspecified atom stereocenters. The van der Waals surface area contributed by atoms with E-state index in [2.05, 4.69) is 26.2 Å². The Morgan fingerprint density at radius 2 is 1.85 bits per heavy atom. The number of nitrogens with zero attached hydrogens (tertiary/aromatic N) is 1. The average molecular weight is 443 g/mol. The van der Waals surface area contributed by atoms with Crippen LogP contribution in [0.25, 0.3) is 0 Å². The van der Waals surface area contributed by atoms with Crippen LogP contribution in [0.1, 0.15) is 26.3 Å². The molecule has 0 amide bonds. The summed E-state index contributed by atoms with van der Waals surface area (Å²) < 4.78 is 35.3. The highest BCUT2D eigenvalue weighted by Crippen LogP contribution is 2.36. The number of nitrogens with one attached hydrogen (secondary N) is 1. The number of anilines is 1. The molecular formula is C18H23BrN2O4S. The third kappa shape index (κ3) is 4.29. The molecule has 0 saturated heterocycles. The van der Waals surface area contributed by atoms with Crippen LogP contribution >= 0.6 is 15.9 Å². The van der Waals surface area contributed by atoms with Crippen LogP contribution in [0.3, 0.4) is 0 Å². The van der Waals surface area contributed by atoms with Gasteiger partial charge in [0, 0.05) is 6.54 Å². The van der Waals surface area contributed by atoms with Gasteiger partial charge in [-0.3, -0.25) is 0 Å². The summed E-state index contributed by atoms with van der Waals surface area (Å²) >= 11 is 3.46. The molecule has 0 radical (unpaired) electrons. The lowest BCUT2D eigenvalue weighted by atomic mass is 10.2. The Hall–Kier alpha value is -1.80. The van der Waals surface area contributed by atoms with Crippen molar-refractivity contribution in [3.63, 3.8) is 0 Å². The van der Waals surface area contributed by atoms with Crippen molar-refractivity contribution in [3.8, 4) is 11.5 Å². The van der Waals surface area contributed by atoms with Gasteiger partial charge in [-0.15, -0.1) is 0 Å². The van der Waals surface area contributed by atoms with E-state index in [1.165, 1.54) is 12.3 Å². The van der Waals surface area contributed by atoms with Gasteiger partial charge in [0.15, 0.2) is 26.4 Å². The first-order chi connectivity index (χ1) is 12.1. The Bertz CT molecular complexity index is 875. The summed E-state index contributed by atoms with van der Waals surface area (Å²) in [5.74, 6) is 1.26. The van der Waals surface area contributed by atoms with Gasteiger partial charge in [-0.25, -0.2) is 13.4 Å². The quantitative estimate of drug-likeness (QED) is 0.726. The van der Waals surface area contributed by atoms with Gasteiger partial charge in [-0.05, 0) is 66.5 Å². The number of pyridine rings is 1. The van der Waals surface area contributed by atoms with Gasteiger partial charge in [0.05, 0.1) is 35.3 Å². The Morgan fingerprint density at radius 1 is 1.15 bits per heavy atom. The molecule has 0 aliphatic rings. The predicted octanol–water partition coefficient (Wildman–Crippen LogP) is 4.05. The highest BCUT2D eigenvalue weighted by atomic mass is 79.9. The zero-order valence-electron chi connectivity index (χ0n) is 15.5. The molecule has 2 rings (SSSR count). The number of rotatable bonds is 6. The molecule has 1 aromatic carbocycles. The van der Waals surface area contributed by atoms with E-state index in [9.17, 15) is 8.42 Å². The van der Waals surface area contributed by atoms with Gasteiger partial charge >= 0.3 is 0 Å². The minimum absolute atomic E-state index is 0.0735. The van der Waals surface area contributed by atoms with Gasteiger partial charge in [-0.1, -0.05) is 0 Å². The molecule has 0 bridgehead atoms. The standard InChI is InChI=1S/C18H23BrN2O4S/c1-18(2,3)26(22,23)16-7-6-13(11-21-16)20-10-12-8-14(19)17(25-5)15(9-12)24-4/h6-9,11,20H,10H2,1-5H3. The average Bonchev–Trinajstić information content (AvgIpc) is 2.58. The summed E-state index contributed by atoms with van der Waals surface area (Å²) in [5, 5.41) is 3.29. The molecular weight excluding hydrogens is 420 g/mol. The van der Waals surface area contributed by atoms with Crippen LogP contribution in [-0.4, -0.2) is 32.4 Å². The fourth-order valence-corrected chi connectivity index (χ4v) is 3.95. The number of methoxy groups -OCH3 is 2. The normalized spacial score (nSPS) is 11.9. The highest BCUT2D eigenvalue weighted by molar-refractivity contribution is 9.10. The maximum absolute atomic E-state index is 12.4. The van der Waals surface area contributed by atoms with Gasteiger partial charge < -0.3 is 14.8 Å². The smallest absolute Gasteiger partial charge is 0.200 e. The van der Waals surface area contributed by atoms with Crippen molar-refractivity contribution < 1.29 is 17.9 Å². The van der Waals surface area contributed by atoms with Crippen molar-refractivity contribution >= 4 is 31.5 Å². The summed E-state index contributed by atoms with van der Waals surface area (Å²) in [4.78, 5) is 4.10. The van der Waals surface area contributed by atoms with Crippen molar-refractivity contribution in [1.82, 2.24) is 4.98 Å². The van der Waals surface area contributed by atoms with Crippen molar-refractivity contribution in [3.05, 3.63) is 40.5 Å². The predicted molar refractivity (Wildman–Crippen MR) is 106 cm³/mol. The lowest BCUT2D eigenvalue weighted by Gasteiger charge is -2.18. The van der Waals surface area contributed by atoms with Crippen LogP contribution in [0.5, 0.6) is 11.5 Å². The van der Waals surface area contributed by atoms with E-state index in [4.69, 9.17) is 9.47 Å². The molecule has 1 N–H and O–H groups in total. The van der Waals surface area contributed by atoms with Crippen LogP contribution < -0.4 is 14.8 Å². The summed E-state index contributed by atoms with van der Waals surface area (Å²) in [7, 11) is -0.292. The fourth-order valence-electron chi connectivity index (χ4n) is 2.24. The molecule has 1 aromatic heterocycles. The second-order valence-corrected chi connectivity index (χ2v) is 10.2. The molecule has 2 aromatic rings. The lowest BCUT2D eigenvalue weighted by Crippen LogP contribution is -2.28. The Kier molecular flexibility index (Phi) is 6.18. The molecule has 142 valence electrons. The molecule has 0 aliphatic carbocycles. The zero-order valence-corrected chi connectivity index (χ0v) is 17.9. The van der Waals surface area contributed by atoms with E-state index in [1.807, 2.05) is 12.1 Å². The van der Waals surface area contributed by atoms with Crippen LogP contribution in [0, 0.1) is 0 Å². The minimum Gasteiger partial charge on any atom is -0.493 e. The molecule has 0 fully saturated rings. The minimum atomic E-state index is -3.46. The van der Waals surface area contributed by atoms with Gasteiger partial charge in [-0.2, -0.15) is 0 Å². The van der Waals surface area contributed by atoms with E-state index in [1.54, 1.807) is 41.1 Å². The summed E-state index contributed by atoms with van der Waals surface area (Å²) in [6, 6.07) is 7.04. The van der Waals surface area contributed by atoms with Crippen molar-refractivity contribution in [2.75, 3.05) is 19.5 Å². The van der Waals surface area contributed by atoms with Crippen LogP contribution in [0.4, 0.5) is 5.69 Å². The van der Waals surface area contributed by atoms with E-state index in [-0.39, 0.29) is 5.03 Å². The third-order valence-corrected chi connectivity index (χ3v) is 6.80. The zero-order chi connectivity index (χ0) is 19.5. The first kappa shape index (κ1) is 20.5. The Labute approximate surface area is 163 Å². The van der Waals surface area contributed by atoms with Crippen LogP contribution in [0.15, 0.2) is 40.0 Å². The number of benzene rings is 1. The van der Waals surface area contributed by atoms with Crippen molar-refractivity contribution in [2.24, 2.45) is 0 Å². The van der Waals surface area contributed by atoms with E-state index in [0.717, 1.165) is 15.7 Å². The third-order valence-electron chi connectivity index (χ3n) is 3.81. The maximum atomic E-state index is 12.4. The summed E-state index contributed by atoms with van der Waals surface area (Å²) in [5.41, 5.74) is 1.70. The molecule has 6 nitrogen and oxygen atoms in total. The second-order valence-electron chi connectivity index (χ2n) is 6.67. The monoisotopic (exact) mass is 442 g/mol. The molecule has 0 aliphatic heterocycles. The van der Waals surface area contributed by atoms with Crippen molar-refractivity contribution in [2.45, 2.75) is 37.1 Å². The topological polar surface area (TPSA) is 77.5 Å². The second kappa shape index (κ2) is 7.84. The molecule has 26 heavy (non-hydrogen) atoms. The largest absolute Gasteiger partial charge is 0.493 e. The Morgan fingerprint density at radius 3 is 2.35 bits per heavy atom. The summed E-state index contributed by atoms with van der Waals surface area (Å²) in [6.45, 7) is 5.49. The van der Waals surface area contributed by atoms with Gasteiger partial charge in [0.1, 0.15) is 0 Å². The summed E-state index contributed by atoms with van der Waals surface area (Å²) in [6.07, 6.45) is 1.52. The van der Waals surface area contributed by atoms with E-state index in [0.29, 0.717) is 18.0 Å². The number of ether oxygens (including phenoxy) is 2. The van der Waals surface area contributed by atoms with E-state index >= 15 is 0 Å². The first-order valence-electron chi connectivity index (χ1n) is 7.95. The van der Waals surface area contributed by atoms with Gasteiger partial charge in [0.2, 0.25) is 0 Å². The first-order valence-corrected chi connectivity index (χ1v) is 10.2.